The molecule has 5 aromatic rings. The van der Waals surface area contributed by atoms with Crippen LogP contribution in [0.4, 0.5) is 0 Å². The van der Waals surface area contributed by atoms with Gasteiger partial charge in [-0.15, -0.1) is 0 Å². The molecule has 0 unspecified atom stereocenters. The highest BCUT2D eigenvalue weighted by Gasteiger charge is 2.32. The average Bonchev–Trinajstić information content (AvgIpc) is 3.07. The third-order valence-electron chi connectivity index (χ3n) is 7.61. The Balaban J connectivity index is 1.42. The lowest BCUT2D eigenvalue weighted by Crippen LogP contribution is -2.41. The largest absolute Gasteiger partial charge is 0.348 e. The highest BCUT2D eigenvalue weighted by molar-refractivity contribution is 7.78. The summed E-state index contributed by atoms with van der Waals surface area (Å²) in [5, 5.41) is 4.25. The number of benzene rings is 5. The topological polar surface area (TPSA) is 29.5 Å². The van der Waals surface area contributed by atoms with E-state index in [4.69, 9.17) is 4.52 Å². The molecule has 0 saturated heterocycles. The SMILES string of the molecule is CC[C@H](CP(=O)(c1ccccc1)c1ccccc1)N(CCOP(c1ccccc1)c1ccccc1)Cc1ccccc1. The van der Waals surface area contributed by atoms with Crippen molar-refractivity contribution in [2.45, 2.75) is 25.9 Å². The van der Waals surface area contributed by atoms with Gasteiger partial charge in [-0.05, 0) is 12.0 Å². The first-order valence-electron chi connectivity index (χ1n) is 14.7. The van der Waals surface area contributed by atoms with Crippen LogP contribution in [-0.2, 0) is 15.6 Å². The third-order valence-corrected chi connectivity index (χ3v) is 12.8. The summed E-state index contributed by atoms with van der Waals surface area (Å²) in [4.78, 5) is 2.48. The lowest BCUT2D eigenvalue weighted by molar-refractivity contribution is 0.165. The van der Waals surface area contributed by atoms with Crippen LogP contribution in [0.1, 0.15) is 18.9 Å². The van der Waals surface area contributed by atoms with Crippen LogP contribution in [-0.4, -0.2) is 30.3 Å². The van der Waals surface area contributed by atoms with Crippen molar-refractivity contribution in [2.24, 2.45) is 0 Å². The molecule has 5 rings (SSSR count). The monoisotopic (exact) mass is 591 g/mol. The molecule has 0 N–H and O–H groups in total. The number of hydrogen-bond donors (Lipinski definition) is 0. The Morgan fingerprint density at radius 3 is 1.52 bits per heavy atom. The zero-order valence-corrected chi connectivity index (χ0v) is 26.0. The molecule has 0 amide bonds. The van der Waals surface area contributed by atoms with Gasteiger partial charge < -0.3 is 9.09 Å². The first-order valence-corrected chi connectivity index (χ1v) is 17.8. The fourth-order valence-corrected chi connectivity index (χ4v) is 10.2. The lowest BCUT2D eigenvalue weighted by atomic mass is 10.1. The lowest BCUT2D eigenvalue weighted by Gasteiger charge is -2.34. The van der Waals surface area contributed by atoms with E-state index in [1.807, 2.05) is 72.8 Å². The van der Waals surface area contributed by atoms with Gasteiger partial charge in [-0.25, -0.2) is 0 Å². The molecule has 0 aliphatic heterocycles. The Hall–Kier alpha value is -3.32. The standard InChI is InChI=1S/C37H39NO2P2/c1-2-33(31-42(39,36-24-14-6-15-25-36)37-26-16-7-17-27-37)38(30-32-18-8-3-9-19-32)28-29-40-41(34-20-10-4-11-21-34)35-22-12-5-13-23-35/h3-27,33H,2,28-31H2,1H3/t33-/m1/s1. The van der Waals surface area contributed by atoms with Crippen LogP contribution < -0.4 is 21.2 Å². The van der Waals surface area contributed by atoms with Gasteiger partial charge in [0.1, 0.15) is 7.14 Å². The van der Waals surface area contributed by atoms with Crippen LogP contribution in [0, 0.1) is 0 Å². The molecular weight excluding hydrogens is 552 g/mol. The quantitative estimate of drug-likeness (QED) is 0.127. The van der Waals surface area contributed by atoms with E-state index < -0.39 is 15.3 Å². The van der Waals surface area contributed by atoms with Crippen LogP contribution in [0.2, 0.25) is 0 Å². The van der Waals surface area contributed by atoms with Crippen molar-refractivity contribution < 1.29 is 9.09 Å². The van der Waals surface area contributed by atoms with Crippen LogP contribution in [0.5, 0.6) is 0 Å². The zero-order chi connectivity index (χ0) is 29.0. The van der Waals surface area contributed by atoms with Gasteiger partial charge in [0.25, 0.3) is 0 Å². The molecule has 214 valence electrons. The maximum atomic E-state index is 15.0. The molecule has 5 heteroatoms. The summed E-state index contributed by atoms with van der Waals surface area (Å²) in [6.07, 6.45) is 1.47. The number of hydrogen-bond acceptors (Lipinski definition) is 3. The summed E-state index contributed by atoms with van der Waals surface area (Å²) >= 11 is 0. The van der Waals surface area contributed by atoms with Gasteiger partial charge in [-0.1, -0.05) is 159 Å². The molecule has 0 bridgehead atoms. The summed E-state index contributed by atoms with van der Waals surface area (Å²) in [6, 6.07) is 51.8. The molecule has 0 spiro atoms. The minimum Gasteiger partial charge on any atom is -0.348 e. The van der Waals surface area contributed by atoms with Crippen molar-refractivity contribution in [3.05, 3.63) is 157 Å². The van der Waals surface area contributed by atoms with E-state index in [1.165, 1.54) is 16.2 Å². The van der Waals surface area contributed by atoms with Crippen molar-refractivity contribution in [3.8, 4) is 0 Å². The summed E-state index contributed by atoms with van der Waals surface area (Å²) in [5.74, 6) is 0. The van der Waals surface area contributed by atoms with Gasteiger partial charge in [0.05, 0.1) is 14.8 Å². The molecule has 0 aromatic heterocycles. The molecule has 0 aliphatic carbocycles. The predicted octanol–water partition coefficient (Wildman–Crippen LogP) is 7.35. The predicted molar refractivity (Wildman–Crippen MR) is 181 cm³/mol. The van der Waals surface area contributed by atoms with Gasteiger partial charge >= 0.3 is 0 Å². The maximum absolute atomic E-state index is 15.0. The average molecular weight is 592 g/mol. The zero-order valence-electron chi connectivity index (χ0n) is 24.2. The minimum absolute atomic E-state index is 0.111. The fourth-order valence-electron chi connectivity index (χ4n) is 5.38. The smallest absolute Gasteiger partial charge is 0.144 e. The normalized spacial score (nSPS) is 12.5. The molecule has 0 heterocycles. The van der Waals surface area contributed by atoms with Gasteiger partial charge in [-0.3, -0.25) is 4.90 Å². The van der Waals surface area contributed by atoms with Gasteiger partial charge in [0.2, 0.25) is 0 Å². The highest BCUT2D eigenvalue weighted by Crippen LogP contribution is 2.45. The Bertz CT molecular complexity index is 1430. The molecule has 0 saturated carbocycles. The summed E-state index contributed by atoms with van der Waals surface area (Å²) < 4.78 is 21.8. The molecule has 5 aromatic carbocycles. The molecule has 0 aliphatic rings. The summed E-state index contributed by atoms with van der Waals surface area (Å²) in [7, 11) is -3.83. The van der Waals surface area contributed by atoms with E-state index in [-0.39, 0.29) is 6.04 Å². The van der Waals surface area contributed by atoms with Crippen molar-refractivity contribution >= 4 is 36.5 Å². The highest BCUT2D eigenvalue weighted by atomic mass is 31.2. The molecular formula is C37H39NO2P2. The minimum atomic E-state index is -2.88. The van der Waals surface area contributed by atoms with E-state index in [0.717, 1.165) is 30.1 Å². The van der Waals surface area contributed by atoms with E-state index in [2.05, 4.69) is 90.7 Å². The van der Waals surface area contributed by atoms with E-state index in [0.29, 0.717) is 12.8 Å². The summed E-state index contributed by atoms with van der Waals surface area (Å²) in [5.41, 5.74) is 1.25. The first kappa shape index (κ1) is 30.1. The van der Waals surface area contributed by atoms with Crippen molar-refractivity contribution in [1.82, 2.24) is 4.90 Å². The van der Waals surface area contributed by atoms with Crippen LogP contribution in [0.3, 0.4) is 0 Å². The van der Waals surface area contributed by atoms with Crippen molar-refractivity contribution in [2.75, 3.05) is 19.3 Å². The van der Waals surface area contributed by atoms with Gasteiger partial charge in [0.15, 0.2) is 0 Å². The molecule has 3 nitrogen and oxygen atoms in total. The second-order valence-corrected chi connectivity index (χ2v) is 15.2. The molecule has 0 radical (unpaired) electrons. The summed E-state index contributed by atoms with van der Waals surface area (Å²) in [6.45, 7) is 4.32. The fraction of sp³-hybridized carbons (Fsp3) is 0.189. The second kappa shape index (κ2) is 15.2. The molecule has 42 heavy (non-hydrogen) atoms. The third kappa shape index (κ3) is 7.74. The van der Waals surface area contributed by atoms with Crippen LogP contribution in [0.25, 0.3) is 0 Å². The molecule has 0 fully saturated rings. The Morgan fingerprint density at radius 1 is 0.643 bits per heavy atom. The Kier molecular flexibility index (Phi) is 10.9. The van der Waals surface area contributed by atoms with Crippen LogP contribution >= 0.6 is 15.3 Å². The molecule has 1 atom stereocenters. The van der Waals surface area contributed by atoms with E-state index in [1.54, 1.807) is 0 Å². The second-order valence-electron chi connectivity index (χ2n) is 10.4. The van der Waals surface area contributed by atoms with Crippen molar-refractivity contribution in [3.63, 3.8) is 0 Å². The van der Waals surface area contributed by atoms with E-state index in [9.17, 15) is 0 Å². The maximum Gasteiger partial charge on any atom is 0.144 e. The Labute approximate surface area is 252 Å². The first-order chi connectivity index (χ1) is 20.7. The van der Waals surface area contributed by atoms with Crippen LogP contribution in [0.15, 0.2) is 152 Å². The number of nitrogens with zero attached hydrogens (tertiary/aromatic N) is 1. The van der Waals surface area contributed by atoms with Gasteiger partial charge in [-0.2, -0.15) is 0 Å². The van der Waals surface area contributed by atoms with Gasteiger partial charge in [0, 0.05) is 46.5 Å². The number of rotatable bonds is 14. The van der Waals surface area contributed by atoms with Crippen molar-refractivity contribution in [1.29, 1.82) is 0 Å². The Morgan fingerprint density at radius 2 is 1.07 bits per heavy atom. The van der Waals surface area contributed by atoms with E-state index >= 15 is 4.57 Å².